The van der Waals surface area contributed by atoms with Crippen molar-refractivity contribution in [2.24, 2.45) is 5.90 Å². The molecule has 3 heteroatoms. The first-order valence-electron chi connectivity index (χ1n) is 4.55. The van der Waals surface area contributed by atoms with Gasteiger partial charge in [0, 0.05) is 6.08 Å². The third kappa shape index (κ3) is 8.82. The largest absolute Gasteiger partial charge is 0.370 e. The minimum atomic E-state index is -0.529. The Labute approximate surface area is 79.2 Å². The molecule has 0 rings (SSSR count). The van der Waals surface area contributed by atoms with Gasteiger partial charge in [0.15, 0.2) is 0 Å². The average Bonchev–Trinajstić information content (AvgIpc) is 2.16. The van der Waals surface area contributed by atoms with Crippen LogP contribution in [-0.4, -0.2) is 5.97 Å². The normalized spacial score (nSPS) is 11.2. The lowest BCUT2D eigenvalue weighted by atomic mass is 10.2. The highest BCUT2D eigenvalue weighted by Gasteiger charge is 1.87. The molecule has 0 amide bonds. The summed E-state index contributed by atoms with van der Waals surface area (Å²) in [5, 5.41) is 0. The van der Waals surface area contributed by atoms with Gasteiger partial charge in [-0.05, 0) is 12.8 Å². The van der Waals surface area contributed by atoms with Gasteiger partial charge in [0.1, 0.15) is 0 Å². The van der Waals surface area contributed by atoms with Crippen molar-refractivity contribution in [1.82, 2.24) is 0 Å². The van der Waals surface area contributed by atoms with Crippen molar-refractivity contribution in [2.75, 3.05) is 0 Å². The standard InChI is InChI=1S/C10H17NO2/c1-2-3-4-5-6-7-8-9-10(12)13-11/h6-9H,2-5,11H2,1H3. The molecule has 0 radical (unpaired) electrons. The summed E-state index contributed by atoms with van der Waals surface area (Å²) in [6.45, 7) is 2.17. The van der Waals surface area contributed by atoms with Gasteiger partial charge in [-0.15, -0.1) is 0 Å². The molecule has 0 fully saturated rings. The monoisotopic (exact) mass is 183 g/mol. The third-order valence-electron chi connectivity index (χ3n) is 1.57. The number of unbranched alkanes of at least 4 members (excludes halogenated alkanes) is 3. The molecule has 0 spiro atoms. The van der Waals surface area contributed by atoms with Crippen LogP contribution in [0.15, 0.2) is 24.3 Å². The lowest BCUT2D eigenvalue weighted by Gasteiger charge is -1.89. The molecule has 0 aromatic rings. The Hall–Kier alpha value is -1.09. The van der Waals surface area contributed by atoms with Gasteiger partial charge in [-0.1, -0.05) is 38.0 Å². The number of carbonyl (C=O) groups excluding carboxylic acids is 1. The molecule has 0 heterocycles. The fourth-order valence-corrected chi connectivity index (χ4v) is 0.860. The second-order valence-electron chi connectivity index (χ2n) is 2.72. The summed E-state index contributed by atoms with van der Waals surface area (Å²) in [5.74, 6) is 4.10. The third-order valence-corrected chi connectivity index (χ3v) is 1.57. The lowest BCUT2D eigenvalue weighted by Crippen LogP contribution is -2.05. The minimum absolute atomic E-state index is 0.529. The van der Waals surface area contributed by atoms with E-state index >= 15 is 0 Å². The molecule has 2 N–H and O–H groups in total. The first-order chi connectivity index (χ1) is 6.31. The van der Waals surface area contributed by atoms with Crippen LogP contribution in [0.25, 0.3) is 0 Å². The predicted molar refractivity (Wildman–Crippen MR) is 52.7 cm³/mol. The van der Waals surface area contributed by atoms with Crippen LogP contribution in [0, 0.1) is 0 Å². The zero-order valence-electron chi connectivity index (χ0n) is 8.03. The quantitative estimate of drug-likeness (QED) is 0.297. The second-order valence-corrected chi connectivity index (χ2v) is 2.72. The number of hydrogen-bond acceptors (Lipinski definition) is 3. The first kappa shape index (κ1) is 11.9. The maximum absolute atomic E-state index is 10.5. The second kappa shape index (κ2) is 9.00. The molecule has 0 saturated heterocycles. The maximum atomic E-state index is 10.5. The van der Waals surface area contributed by atoms with Crippen LogP contribution < -0.4 is 5.90 Å². The predicted octanol–water partition coefficient (Wildman–Crippen LogP) is 2.10. The highest BCUT2D eigenvalue weighted by Crippen LogP contribution is 1.99. The maximum Gasteiger partial charge on any atom is 0.349 e. The van der Waals surface area contributed by atoms with E-state index in [0.717, 1.165) is 6.42 Å². The van der Waals surface area contributed by atoms with Crippen LogP contribution in [0.5, 0.6) is 0 Å². The van der Waals surface area contributed by atoms with Gasteiger partial charge < -0.3 is 4.84 Å². The van der Waals surface area contributed by atoms with Gasteiger partial charge in [0.2, 0.25) is 0 Å². The molecular formula is C10H17NO2. The Morgan fingerprint density at radius 3 is 2.77 bits per heavy atom. The number of rotatable bonds is 6. The fraction of sp³-hybridized carbons (Fsp3) is 0.500. The van der Waals surface area contributed by atoms with Crippen LogP contribution in [0.3, 0.4) is 0 Å². The van der Waals surface area contributed by atoms with Crippen molar-refractivity contribution in [3.05, 3.63) is 24.3 Å². The molecule has 0 atom stereocenters. The van der Waals surface area contributed by atoms with Crippen molar-refractivity contribution in [3.8, 4) is 0 Å². The SMILES string of the molecule is CCCCCC=CC=CC(=O)ON. The van der Waals surface area contributed by atoms with E-state index in [4.69, 9.17) is 0 Å². The molecule has 0 saturated carbocycles. The van der Waals surface area contributed by atoms with E-state index in [9.17, 15) is 4.79 Å². The summed E-state index contributed by atoms with van der Waals surface area (Å²) in [6, 6.07) is 0. The number of allylic oxidation sites excluding steroid dienone is 3. The van der Waals surface area contributed by atoms with Crippen molar-refractivity contribution in [3.63, 3.8) is 0 Å². The van der Waals surface area contributed by atoms with E-state index in [1.54, 1.807) is 6.08 Å². The van der Waals surface area contributed by atoms with Crippen LogP contribution in [0.2, 0.25) is 0 Å². The Bertz CT molecular complexity index is 185. The average molecular weight is 183 g/mol. The number of carbonyl (C=O) groups is 1. The van der Waals surface area contributed by atoms with Crippen LogP contribution in [-0.2, 0) is 9.63 Å². The summed E-state index contributed by atoms with van der Waals surface area (Å²) >= 11 is 0. The van der Waals surface area contributed by atoms with Crippen LogP contribution in [0.1, 0.15) is 32.6 Å². The Morgan fingerprint density at radius 1 is 1.38 bits per heavy atom. The van der Waals surface area contributed by atoms with Gasteiger partial charge in [-0.2, -0.15) is 5.90 Å². The topological polar surface area (TPSA) is 52.3 Å². The summed E-state index contributed by atoms with van der Waals surface area (Å²) in [7, 11) is 0. The Morgan fingerprint density at radius 2 is 2.15 bits per heavy atom. The minimum Gasteiger partial charge on any atom is -0.370 e. The molecule has 0 aliphatic rings. The highest BCUT2D eigenvalue weighted by atomic mass is 16.7. The molecule has 0 aliphatic heterocycles. The molecule has 3 nitrogen and oxygen atoms in total. The van der Waals surface area contributed by atoms with E-state index in [-0.39, 0.29) is 0 Å². The van der Waals surface area contributed by atoms with Crippen molar-refractivity contribution in [1.29, 1.82) is 0 Å². The smallest absolute Gasteiger partial charge is 0.349 e. The fourth-order valence-electron chi connectivity index (χ4n) is 0.860. The van der Waals surface area contributed by atoms with Crippen molar-refractivity contribution >= 4 is 5.97 Å². The molecule has 0 bridgehead atoms. The summed E-state index contributed by atoms with van der Waals surface area (Å²) < 4.78 is 0. The molecular weight excluding hydrogens is 166 g/mol. The number of hydrogen-bond donors (Lipinski definition) is 1. The van der Waals surface area contributed by atoms with Gasteiger partial charge >= 0.3 is 5.97 Å². The van der Waals surface area contributed by atoms with Gasteiger partial charge in [0.25, 0.3) is 0 Å². The summed E-state index contributed by atoms with van der Waals surface area (Å²) in [4.78, 5) is 14.4. The van der Waals surface area contributed by atoms with E-state index in [1.165, 1.54) is 25.3 Å². The highest BCUT2D eigenvalue weighted by molar-refractivity contribution is 5.81. The summed E-state index contributed by atoms with van der Waals surface area (Å²) in [5.41, 5.74) is 0. The van der Waals surface area contributed by atoms with Crippen LogP contribution >= 0.6 is 0 Å². The van der Waals surface area contributed by atoms with Gasteiger partial charge in [-0.3, -0.25) is 0 Å². The zero-order chi connectivity index (χ0) is 9.94. The van der Waals surface area contributed by atoms with E-state index < -0.39 is 5.97 Å². The Kier molecular flexibility index (Phi) is 8.25. The first-order valence-corrected chi connectivity index (χ1v) is 4.55. The van der Waals surface area contributed by atoms with Crippen molar-refractivity contribution < 1.29 is 9.63 Å². The van der Waals surface area contributed by atoms with Crippen LogP contribution in [0.4, 0.5) is 0 Å². The van der Waals surface area contributed by atoms with Gasteiger partial charge in [-0.25, -0.2) is 4.79 Å². The number of nitrogens with two attached hydrogens (primary N) is 1. The molecule has 0 aromatic carbocycles. The molecule has 0 aliphatic carbocycles. The van der Waals surface area contributed by atoms with Crippen molar-refractivity contribution in [2.45, 2.75) is 32.6 Å². The lowest BCUT2D eigenvalue weighted by molar-refractivity contribution is -0.138. The zero-order valence-corrected chi connectivity index (χ0v) is 8.03. The van der Waals surface area contributed by atoms with Gasteiger partial charge in [0.05, 0.1) is 0 Å². The van der Waals surface area contributed by atoms with E-state index in [1.807, 2.05) is 12.2 Å². The van der Waals surface area contributed by atoms with E-state index in [0.29, 0.717) is 0 Å². The molecule has 13 heavy (non-hydrogen) atoms. The summed E-state index contributed by atoms with van der Waals surface area (Å²) in [6.07, 6.45) is 11.5. The molecule has 0 aromatic heterocycles. The Balaban J connectivity index is 3.40. The molecule has 0 unspecified atom stereocenters. The molecule has 74 valence electrons. The van der Waals surface area contributed by atoms with E-state index in [2.05, 4.69) is 17.7 Å².